The van der Waals surface area contributed by atoms with Crippen LogP contribution in [0.1, 0.15) is 316 Å². The van der Waals surface area contributed by atoms with Crippen molar-refractivity contribution in [1.29, 1.82) is 0 Å². The van der Waals surface area contributed by atoms with Crippen LogP contribution in [0.5, 0.6) is 0 Å². The summed E-state index contributed by atoms with van der Waals surface area (Å²) in [4.78, 5) is 35.2. The number of esters is 2. The van der Waals surface area contributed by atoms with Gasteiger partial charge in [-0.3, -0.25) is 18.6 Å². The van der Waals surface area contributed by atoms with E-state index >= 15 is 0 Å². The highest BCUT2D eigenvalue weighted by Crippen LogP contribution is 2.43. The molecule has 414 valence electrons. The molecule has 0 saturated heterocycles. The second-order valence-electron chi connectivity index (χ2n) is 20.6. The molecule has 2 unspecified atom stereocenters. The molecule has 0 bridgehead atoms. The Labute approximate surface area is 433 Å². The Morgan fingerprint density at radius 3 is 1.09 bits per heavy atom. The SMILES string of the molecule is CCCCCCC/C=C\C/C=C\CCCCCCCCCCCCCCCCCCCCCC(=O)OC(COC(=O)CCCCCCCCCCCCCCCCCCCC)COP(=O)(O)OCCN. The van der Waals surface area contributed by atoms with E-state index in [9.17, 15) is 19.0 Å². The molecule has 0 saturated carbocycles. The van der Waals surface area contributed by atoms with E-state index in [2.05, 4.69) is 38.2 Å². The maximum Gasteiger partial charge on any atom is 0.472 e. The Morgan fingerprint density at radius 2 is 0.743 bits per heavy atom. The van der Waals surface area contributed by atoms with E-state index in [1.165, 1.54) is 244 Å². The minimum Gasteiger partial charge on any atom is -0.462 e. The van der Waals surface area contributed by atoms with Gasteiger partial charge in [-0.25, -0.2) is 4.57 Å². The van der Waals surface area contributed by atoms with Crippen LogP contribution in [-0.2, 0) is 32.7 Å². The Morgan fingerprint density at radius 1 is 0.429 bits per heavy atom. The molecule has 9 nitrogen and oxygen atoms in total. The number of hydrogen-bond acceptors (Lipinski definition) is 8. The van der Waals surface area contributed by atoms with Crippen molar-refractivity contribution >= 4 is 19.8 Å². The summed E-state index contributed by atoms with van der Waals surface area (Å²) in [5, 5.41) is 0. The zero-order valence-electron chi connectivity index (χ0n) is 46.3. The first kappa shape index (κ1) is 68.5. The van der Waals surface area contributed by atoms with E-state index in [1.54, 1.807) is 0 Å². The van der Waals surface area contributed by atoms with Crippen LogP contribution < -0.4 is 5.73 Å². The summed E-state index contributed by atoms with van der Waals surface area (Å²) in [6, 6.07) is 0. The Kier molecular flexibility index (Phi) is 55.6. The van der Waals surface area contributed by atoms with Crippen molar-refractivity contribution in [1.82, 2.24) is 0 Å². The molecule has 0 amide bonds. The van der Waals surface area contributed by atoms with Crippen LogP contribution in [0.2, 0.25) is 0 Å². The molecule has 10 heteroatoms. The minimum absolute atomic E-state index is 0.0568. The van der Waals surface area contributed by atoms with E-state index in [1.807, 2.05) is 0 Å². The number of rotatable bonds is 58. The number of nitrogens with two attached hydrogens (primary N) is 1. The fraction of sp³-hybridized carbons (Fsp3) is 0.900. The Hall–Kier alpha value is -1.51. The van der Waals surface area contributed by atoms with Crippen molar-refractivity contribution in [2.24, 2.45) is 5.73 Å². The third-order valence-corrected chi connectivity index (χ3v) is 14.6. The van der Waals surface area contributed by atoms with Gasteiger partial charge in [0, 0.05) is 19.4 Å². The fourth-order valence-corrected chi connectivity index (χ4v) is 9.85. The molecule has 70 heavy (non-hydrogen) atoms. The maximum absolute atomic E-state index is 12.7. The number of hydrogen-bond donors (Lipinski definition) is 2. The third-order valence-electron chi connectivity index (χ3n) is 13.6. The molecule has 0 aromatic carbocycles. The van der Waals surface area contributed by atoms with Crippen LogP contribution in [0, 0.1) is 0 Å². The smallest absolute Gasteiger partial charge is 0.462 e. The Bertz CT molecular complexity index is 1200. The fourth-order valence-electron chi connectivity index (χ4n) is 9.08. The van der Waals surface area contributed by atoms with E-state index in [-0.39, 0.29) is 38.6 Å². The van der Waals surface area contributed by atoms with Crippen LogP contribution in [0.15, 0.2) is 24.3 Å². The number of allylic oxidation sites excluding steroid dienone is 4. The van der Waals surface area contributed by atoms with Crippen molar-refractivity contribution in [3.05, 3.63) is 24.3 Å². The van der Waals surface area contributed by atoms with Gasteiger partial charge in [-0.05, 0) is 44.9 Å². The van der Waals surface area contributed by atoms with Crippen molar-refractivity contribution in [2.75, 3.05) is 26.4 Å². The van der Waals surface area contributed by atoms with Crippen molar-refractivity contribution in [2.45, 2.75) is 322 Å². The lowest BCUT2D eigenvalue weighted by atomic mass is 10.0. The molecule has 0 rings (SSSR count). The van der Waals surface area contributed by atoms with Crippen LogP contribution in [0.3, 0.4) is 0 Å². The Balaban J connectivity index is 3.86. The zero-order valence-corrected chi connectivity index (χ0v) is 47.2. The van der Waals surface area contributed by atoms with Crippen LogP contribution in [-0.4, -0.2) is 49.3 Å². The van der Waals surface area contributed by atoms with Crippen molar-refractivity contribution in [3.63, 3.8) is 0 Å². The normalized spacial score (nSPS) is 13.1. The molecule has 0 aliphatic rings. The molecule has 0 aromatic heterocycles. The molecule has 2 atom stereocenters. The second kappa shape index (κ2) is 56.8. The standard InChI is InChI=1S/C60H116NO8P/c1-3-5-7-9-11-13-15-17-19-21-23-24-25-26-27-28-29-30-31-32-33-34-35-37-39-41-43-45-47-49-51-53-60(63)69-58(57-68-70(64,65)67-55-54-61)56-66-59(62)52-50-48-46-44-42-40-38-36-22-20-18-16-14-12-10-8-6-4-2/h15,17,21,23,58H,3-14,16,18-20,22,24-57,61H2,1-2H3,(H,64,65)/b17-15-,23-21-. The van der Waals surface area contributed by atoms with Gasteiger partial charge in [0.05, 0.1) is 13.2 Å². The summed E-state index contributed by atoms with van der Waals surface area (Å²) in [5.74, 6) is -0.807. The summed E-state index contributed by atoms with van der Waals surface area (Å²) in [6.45, 7) is 3.80. The molecule has 0 radical (unpaired) electrons. The lowest BCUT2D eigenvalue weighted by Crippen LogP contribution is -2.29. The minimum atomic E-state index is -4.38. The quantitative estimate of drug-likeness (QED) is 0.0264. The zero-order chi connectivity index (χ0) is 51.0. The molecular weight excluding hydrogens is 894 g/mol. The van der Waals surface area contributed by atoms with E-state index in [0.29, 0.717) is 6.42 Å². The number of carbonyl (C=O) groups is 2. The van der Waals surface area contributed by atoms with Gasteiger partial charge < -0.3 is 20.1 Å². The van der Waals surface area contributed by atoms with Gasteiger partial charge in [0.25, 0.3) is 0 Å². The topological polar surface area (TPSA) is 134 Å². The van der Waals surface area contributed by atoms with Gasteiger partial charge in [0.15, 0.2) is 6.10 Å². The van der Waals surface area contributed by atoms with Gasteiger partial charge >= 0.3 is 19.8 Å². The van der Waals surface area contributed by atoms with E-state index in [0.717, 1.165) is 38.5 Å². The van der Waals surface area contributed by atoms with E-state index in [4.69, 9.17) is 24.3 Å². The molecule has 0 fully saturated rings. The second-order valence-corrected chi connectivity index (χ2v) is 22.0. The van der Waals surface area contributed by atoms with Gasteiger partial charge in [-0.1, -0.05) is 282 Å². The number of phosphoric acid groups is 1. The monoisotopic (exact) mass is 1010 g/mol. The number of ether oxygens (including phenoxy) is 2. The predicted molar refractivity (Wildman–Crippen MR) is 298 cm³/mol. The molecular formula is C60H116NO8P. The third kappa shape index (κ3) is 55.8. The number of phosphoric ester groups is 1. The highest BCUT2D eigenvalue weighted by atomic mass is 31.2. The molecule has 0 heterocycles. The predicted octanol–water partition coefficient (Wildman–Crippen LogP) is 19.0. The molecule has 0 aliphatic heterocycles. The number of unbranched alkanes of at least 4 members (excludes halogenated alkanes) is 41. The largest absolute Gasteiger partial charge is 0.472 e. The first-order valence-electron chi connectivity index (χ1n) is 30.3. The van der Waals surface area contributed by atoms with Crippen molar-refractivity contribution < 1.29 is 37.6 Å². The first-order chi connectivity index (χ1) is 34.3. The molecule has 0 aromatic rings. The van der Waals surface area contributed by atoms with Gasteiger partial charge in [-0.15, -0.1) is 0 Å². The lowest BCUT2D eigenvalue weighted by molar-refractivity contribution is -0.161. The average molecular weight is 1010 g/mol. The van der Waals surface area contributed by atoms with Crippen LogP contribution >= 0.6 is 7.82 Å². The highest BCUT2D eigenvalue weighted by Gasteiger charge is 2.26. The first-order valence-corrected chi connectivity index (χ1v) is 31.8. The molecule has 3 N–H and O–H groups in total. The van der Waals surface area contributed by atoms with Crippen molar-refractivity contribution in [3.8, 4) is 0 Å². The average Bonchev–Trinajstić information content (AvgIpc) is 3.35. The maximum atomic E-state index is 12.7. The number of carbonyl (C=O) groups excluding carboxylic acids is 2. The van der Waals surface area contributed by atoms with Gasteiger partial charge in [0.1, 0.15) is 6.61 Å². The lowest BCUT2D eigenvalue weighted by Gasteiger charge is -2.19. The summed E-state index contributed by atoms with van der Waals surface area (Å²) in [6.07, 6.45) is 66.7. The van der Waals surface area contributed by atoms with Crippen LogP contribution in [0.25, 0.3) is 0 Å². The van der Waals surface area contributed by atoms with Gasteiger partial charge in [0.2, 0.25) is 0 Å². The van der Waals surface area contributed by atoms with Gasteiger partial charge in [-0.2, -0.15) is 0 Å². The highest BCUT2D eigenvalue weighted by molar-refractivity contribution is 7.47. The summed E-state index contributed by atoms with van der Waals surface area (Å²) >= 11 is 0. The summed E-state index contributed by atoms with van der Waals surface area (Å²) in [7, 11) is -4.38. The summed E-state index contributed by atoms with van der Waals surface area (Å²) < 4.78 is 33.1. The van der Waals surface area contributed by atoms with E-state index < -0.39 is 26.5 Å². The summed E-state index contributed by atoms with van der Waals surface area (Å²) in [5.41, 5.74) is 5.38. The molecule has 0 spiro atoms. The van der Waals surface area contributed by atoms with Crippen LogP contribution in [0.4, 0.5) is 0 Å². The molecule has 0 aliphatic carbocycles.